The molecule has 0 saturated heterocycles. The van der Waals surface area contributed by atoms with Crippen LogP contribution >= 0.6 is 12.4 Å². The number of nitrogens with two attached hydrogens (primary N) is 2. The van der Waals surface area contributed by atoms with Crippen LogP contribution in [0.2, 0.25) is 0 Å². The van der Waals surface area contributed by atoms with Gasteiger partial charge in [0, 0.05) is 6.54 Å². The van der Waals surface area contributed by atoms with E-state index in [9.17, 15) is 4.79 Å². The Kier molecular flexibility index (Phi) is 6.79. The van der Waals surface area contributed by atoms with E-state index in [4.69, 9.17) is 16.6 Å². The normalized spacial score (nSPS) is 10.8. The summed E-state index contributed by atoms with van der Waals surface area (Å²) in [5.41, 5.74) is 11.0. The molecule has 0 saturated carbocycles. The number of halogens is 1. The van der Waals surface area contributed by atoms with Gasteiger partial charge in [-0.1, -0.05) is 6.08 Å². The van der Waals surface area contributed by atoms with Gasteiger partial charge in [-0.3, -0.25) is 9.69 Å². The van der Waals surface area contributed by atoms with Crippen molar-refractivity contribution in [3.8, 4) is 0 Å². The monoisotopic (exact) mass is 209 g/mol. The van der Waals surface area contributed by atoms with Crippen molar-refractivity contribution in [3.05, 3.63) is 12.7 Å². The maximum Gasteiger partial charge on any atom is 0.317 e. The fourth-order valence-electron chi connectivity index (χ4n) is 0.751. The minimum Gasteiger partial charge on any atom is -0.480 e. The van der Waals surface area contributed by atoms with E-state index in [-0.39, 0.29) is 19.0 Å². The van der Waals surface area contributed by atoms with E-state index >= 15 is 0 Å². The molecule has 0 rings (SSSR count). The van der Waals surface area contributed by atoms with Crippen LogP contribution in [0.1, 0.15) is 6.92 Å². The van der Waals surface area contributed by atoms with Gasteiger partial charge in [0.2, 0.25) is 0 Å². The number of carboxylic acids is 1. The smallest absolute Gasteiger partial charge is 0.317 e. The summed E-state index contributed by atoms with van der Waals surface area (Å²) in [5.74, 6) is -2.08. The van der Waals surface area contributed by atoms with Gasteiger partial charge in [0.25, 0.3) is 0 Å². The fraction of sp³-hybridized carbons (Fsp3) is 0.571. The highest BCUT2D eigenvalue weighted by molar-refractivity contribution is 5.85. The Labute approximate surface area is 83.8 Å². The maximum absolute atomic E-state index is 10.3. The highest BCUT2D eigenvalue weighted by atomic mass is 35.5. The largest absolute Gasteiger partial charge is 0.480 e. The van der Waals surface area contributed by atoms with E-state index in [1.54, 1.807) is 13.0 Å². The van der Waals surface area contributed by atoms with E-state index in [0.29, 0.717) is 6.54 Å². The molecule has 0 aromatic heterocycles. The summed E-state index contributed by atoms with van der Waals surface area (Å²) < 4.78 is 0. The van der Waals surface area contributed by atoms with Gasteiger partial charge in [0.15, 0.2) is 0 Å². The zero-order valence-electron chi connectivity index (χ0n) is 7.56. The van der Waals surface area contributed by atoms with Gasteiger partial charge < -0.3 is 16.6 Å². The molecule has 0 heterocycles. The lowest BCUT2D eigenvalue weighted by Gasteiger charge is -2.32. The van der Waals surface area contributed by atoms with Crippen LogP contribution in [0.4, 0.5) is 0 Å². The summed E-state index contributed by atoms with van der Waals surface area (Å²) in [7, 11) is 0. The summed E-state index contributed by atoms with van der Waals surface area (Å²) in [6.45, 7) is 5.19. The van der Waals surface area contributed by atoms with Crippen LogP contribution in [0, 0.1) is 0 Å². The van der Waals surface area contributed by atoms with E-state index in [1.165, 1.54) is 4.90 Å². The van der Waals surface area contributed by atoms with Gasteiger partial charge in [-0.05, 0) is 6.92 Å². The van der Waals surface area contributed by atoms with E-state index < -0.39 is 11.8 Å². The molecule has 0 unspecified atom stereocenters. The highest BCUT2D eigenvalue weighted by Crippen LogP contribution is 1.99. The van der Waals surface area contributed by atoms with Crippen LogP contribution in [0.3, 0.4) is 0 Å². The standard InChI is InChI=1S/C7H15N3O2.ClH/c1-3-4-10(5-6(11)12)7(2,8)9;/h3H,1,4-5,8-9H2,2H3,(H,11,12);1H. The zero-order chi connectivity index (χ0) is 9.78. The number of hydrogen-bond donors (Lipinski definition) is 3. The Bertz CT molecular complexity index is 179. The third-order valence-electron chi connectivity index (χ3n) is 1.36. The first-order valence-corrected chi connectivity index (χ1v) is 3.53. The van der Waals surface area contributed by atoms with Crippen molar-refractivity contribution < 1.29 is 9.90 Å². The molecule has 78 valence electrons. The van der Waals surface area contributed by atoms with Crippen LogP contribution in [0.15, 0.2) is 12.7 Å². The van der Waals surface area contributed by atoms with E-state index in [0.717, 1.165) is 0 Å². The van der Waals surface area contributed by atoms with Crippen LogP contribution in [0.25, 0.3) is 0 Å². The second kappa shape index (κ2) is 5.93. The first-order valence-electron chi connectivity index (χ1n) is 3.53. The van der Waals surface area contributed by atoms with Crippen molar-refractivity contribution in [1.82, 2.24) is 4.90 Å². The molecule has 0 aromatic carbocycles. The van der Waals surface area contributed by atoms with Crippen LogP contribution in [0.5, 0.6) is 0 Å². The van der Waals surface area contributed by atoms with Crippen LogP contribution < -0.4 is 11.5 Å². The maximum atomic E-state index is 10.3. The van der Waals surface area contributed by atoms with E-state index in [2.05, 4.69) is 6.58 Å². The molecule has 0 aromatic rings. The van der Waals surface area contributed by atoms with Gasteiger partial charge in [-0.15, -0.1) is 19.0 Å². The number of rotatable bonds is 5. The third-order valence-corrected chi connectivity index (χ3v) is 1.36. The number of aliphatic carboxylic acids is 1. The molecule has 0 aliphatic carbocycles. The van der Waals surface area contributed by atoms with Gasteiger partial charge >= 0.3 is 5.97 Å². The van der Waals surface area contributed by atoms with Gasteiger partial charge in [-0.2, -0.15) is 0 Å². The number of carbonyl (C=O) groups is 1. The van der Waals surface area contributed by atoms with Gasteiger partial charge in [-0.25, -0.2) is 0 Å². The highest BCUT2D eigenvalue weighted by Gasteiger charge is 2.22. The SMILES string of the molecule is C=CCN(CC(=O)O)C(C)(N)N.Cl. The zero-order valence-corrected chi connectivity index (χ0v) is 8.38. The Morgan fingerprint density at radius 1 is 1.69 bits per heavy atom. The van der Waals surface area contributed by atoms with Crippen LogP contribution in [-0.2, 0) is 4.79 Å². The lowest BCUT2D eigenvalue weighted by molar-refractivity contribution is -0.139. The van der Waals surface area contributed by atoms with Gasteiger partial charge in [0.05, 0.1) is 6.54 Å². The summed E-state index contributed by atoms with van der Waals surface area (Å²) in [6, 6.07) is 0. The van der Waals surface area contributed by atoms with E-state index in [1.807, 2.05) is 0 Å². The predicted molar refractivity (Wildman–Crippen MR) is 53.4 cm³/mol. The molecule has 5 nitrogen and oxygen atoms in total. The minimum absolute atomic E-state index is 0. The molecule has 5 N–H and O–H groups in total. The molecular formula is C7H16ClN3O2. The summed E-state index contributed by atoms with van der Waals surface area (Å²) in [6.07, 6.45) is 1.56. The Balaban J connectivity index is 0. The summed E-state index contributed by atoms with van der Waals surface area (Å²) >= 11 is 0. The van der Waals surface area contributed by atoms with Crippen molar-refractivity contribution in [2.75, 3.05) is 13.1 Å². The Hall–Kier alpha value is -0.620. The molecular weight excluding hydrogens is 194 g/mol. The molecule has 0 atom stereocenters. The van der Waals surface area contributed by atoms with Crippen molar-refractivity contribution in [1.29, 1.82) is 0 Å². The molecule has 0 aliphatic heterocycles. The number of hydrogen-bond acceptors (Lipinski definition) is 4. The first kappa shape index (κ1) is 14.9. The molecule has 13 heavy (non-hydrogen) atoms. The second-order valence-corrected chi connectivity index (χ2v) is 2.79. The van der Waals surface area contributed by atoms with Crippen LogP contribution in [-0.4, -0.2) is 34.9 Å². The van der Waals surface area contributed by atoms with Gasteiger partial charge in [0.1, 0.15) is 5.79 Å². The molecule has 6 heteroatoms. The first-order chi connectivity index (χ1) is 5.38. The van der Waals surface area contributed by atoms with Crippen molar-refractivity contribution in [2.24, 2.45) is 11.5 Å². The Morgan fingerprint density at radius 3 is 2.38 bits per heavy atom. The quantitative estimate of drug-likeness (QED) is 0.422. The van der Waals surface area contributed by atoms with Crippen molar-refractivity contribution in [3.63, 3.8) is 0 Å². The molecule has 0 spiro atoms. The number of nitrogens with zero attached hydrogens (tertiary/aromatic N) is 1. The molecule has 0 radical (unpaired) electrons. The fourth-order valence-corrected chi connectivity index (χ4v) is 0.751. The average Bonchev–Trinajstić information content (AvgIpc) is 1.83. The van der Waals surface area contributed by atoms with Crippen molar-refractivity contribution in [2.45, 2.75) is 12.7 Å². The average molecular weight is 210 g/mol. The number of carboxylic acid groups (broad SMARTS) is 1. The molecule has 0 aliphatic rings. The molecule has 0 bridgehead atoms. The lowest BCUT2D eigenvalue weighted by atomic mass is 10.3. The molecule has 0 fully saturated rings. The topological polar surface area (TPSA) is 92.6 Å². The predicted octanol–water partition coefficient (Wildman–Crippen LogP) is -0.428. The third kappa shape index (κ3) is 6.53. The van der Waals surface area contributed by atoms with Crippen molar-refractivity contribution >= 4 is 18.4 Å². The second-order valence-electron chi connectivity index (χ2n) is 2.79. The summed E-state index contributed by atoms with van der Waals surface area (Å²) in [5, 5.41) is 8.49. The lowest BCUT2D eigenvalue weighted by Crippen LogP contribution is -2.61. The molecule has 0 amide bonds. The summed E-state index contributed by atoms with van der Waals surface area (Å²) in [4.78, 5) is 11.7. The Morgan fingerprint density at radius 2 is 2.15 bits per heavy atom. The minimum atomic E-state index is -1.12.